The Bertz CT molecular complexity index is 1480. The summed E-state index contributed by atoms with van der Waals surface area (Å²) < 4.78 is 12.3. The van der Waals surface area contributed by atoms with E-state index >= 15 is 0 Å². The van der Waals surface area contributed by atoms with E-state index in [2.05, 4.69) is 15.7 Å². The summed E-state index contributed by atoms with van der Waals surface area (Å²) >= 11 is 0. The van der Waals surface area contributed by atoms with Gasteiger partial charge in [0.1, 0.15) is 18.0 Å². The molecule has 1 atom stereocenters. The molecular weight excluding hydrogens is 562 g/mol. The number of nitrogens with one attached hydrogen (secondary N) is 2. The number of aromatic nitrogens is 2. The number of carboxylic acids is 1. The molecule has 0 unspecified atom stereocenters. The Labute approximate surface area is 246 Å². The number of carbonyl (C=O) groups is 5. The average Bonchev–Trinajstić information content (AvgIpc) is 3.52. The number of rotatable bonds is 12. The number of imide groups is 1. The Balaban J connectivity index is 1.23. The van der Waals surface area contributed by atoms with Crippen molar-refractivity contribution >= 4 is 35.5 Å². The number of anilines is 1. The van der Waals surface area contributed by atoms with E-state index in [1.807, 2.05) is 0 Å². The topological polar surface area (TPSA) is 178 Å². The van der Waals surface area contributed by atoms with E-state index in [1.165, 1.54) is 30.5 Å². The van der Waals surface area contributed by atoms with Crippen LogP contribution in [-0.2, 0) is 20.9 Å². The largest absolute Gasteiger partial charge is 0.490 e. The van der Waals surface area contributed by atoms with Crippen LogP contribution in [0, 0.1) is 0 Å². The average molecular weight is 594 g/mol. The van der Waals surface area contributed by atoms with Gasteiger partial charge in [0.15, 0.2) is 0 Å². The summed E-state index contributed by atoms with van der Waals surface area (Å²) in [7, 11) is 0. The molecule has 226 valence electrons. The maximum Gasteiger partial charge on any atom is 0.407 e. The third-order valence-corrected chi connectivity index (χ3v) is 5.91. The quantitative estimate of drug-likeness (QED) is 0.209. The smallest absolute Gasteiger partial charge is 0.407 e. The summed E-state index contributed by atoms with van der Waals surface area (Å²) in [6.07, 6.45) is 1.44. The first-order valence-corrected chi connectivity index (χ1v) is 13.3. The van der Waals surface area contributed by atoms with Gasteiger partial charge in [-0.2, -0.15) is 5.10 Å². The molecule has 4 rings (SSSR count). The second-order valence-corrected chi connectivity index (χ2v) is 10.4. The van der Waals surface area contributed by atoms with Crippen LogP contribution < -0.4 is 15.4 Å². The van der Waals surface area contributed by atoms with Crippen LogP contribution in [0.1, 0.15) is 58.3 Å². The van der Waals surface area contributed by atoms with Gasteiger partial charge in [-0.05, 0) is 63.6 Å². The number of hydrogen-bond acceptors (Lipinski definition) is 9. The van der Waals surface area contributed by atoms with Gasteiger partial charge >= 0.3 is 12.1 Å². The number of aryl methyl sites for hydroxylation is 1. The molecule has 3 aromatic rings. The van der Waals surface area contributed by atoms with Gasteiger partial charge in [-0.25, -0.2) is 14.4 Å². The normalized spacial score (nSPS) is 13.3. The van der Waals surface area contributed by atoms with Gasteiger partial charge in [0, 0.05) is 25.0 Å². The molecule has 0 aliphatic carbocycles. The zero-order chi connectivity index (χ0) is 31.1. The number of alkyl carbamates (subject to hydrolysis) is 1. The van der Waals surface area contributed by atoms with Gasteiger partial charge in [-0.15, -0.1) is 5.06 Å². The molecule has 2 aromatic carbocycles. The molecule has 0 saturated heterocycles. The van der Waals surface area contributed by atoms with Crippen molar-refractivity contribution in [2.45, 2.75) is 45.4 Å². The van der Waals surface area contributed by atoms with Crippen molar-refractivity contribution in [1.29, 1.82) is 0 Å². The standard InChI is InChI=1S/C29H31N5O9/c1-29(2,3)42-28(40)30-13-6-14-33-16-18(15-31-33)24(35)32-19-9-11-20(12-10-19)41-17-23(27(38)39)43-34-25(36)21-7-4-5-8-22(21)26(34)37/h4-5,7-12,15-16,23H,6,13-14,17H2,1-3H3,(H,30,40)(H,32,35)(H,38,39)/t23-/m0/s1. The van der Waals surface area contributed by atoms with E-state index in [0.717, 1.165) is 0 Å². The van der Waals surface area contributed by atoms with Crippen LogP contribution >= 0.6 is 0 Å². The third kappa shape index (κ3) is 8.16. The van der Waals surface area contributed by atoms with Gasteiger partial charge in [0.25, 0.3) is 17.7 Å². The number of carboxylic acid groups (broad SMARTS) is 1. The maximum atomic E-state index is 12.6. The van der Waals surface area contributed by atoms with Crippen molar-refractivity contribution in [3.63, 3.8) is 0 Å². The lowest BCUT2D eigenvalue weighted by Crippen LogP contribution is -2.41. The van der Waals surface area contributed by atoms with Crippen molar-refractivity contribution in [2.75, 3.05) is 18.5 Å². The number of amides is 4. The zero-order valence-corrected chi connectivity index (χ0v) is 23.7. The summed E-state index contributed by atoms with van der Waals surface area (Å²) in [5, 5.41) is 19.5. The van der Waals surface area contributed by atoms with Crippen LogP contribution in [0.25, 0.3) is 0 Å². The van der Waals surface area contributed by atoms with Gasteiger partial charge in [0.2, 0.25) is 6.10 Å². The van der Waals surface area contributed by atoms with Gasteiger partial charge in [0.05, 0.1) is 22.9 Å². The summed E-state index contributed by atoms with van der Waals surface area (Å²) in [6.45, 7) is 5.70. The molecular formula is C29H31N5O9. The molecule has 3 N–H and O–H groups in total. The first kappa shape index (κ1) is 30.7. The number of fused-ring (bicyclic) bond motifs is 1. The van der Waals surface area contributed by atoms with Crippen molar-refractivity contribution < 1.29 is 43.4 Å². The van der Waals surface area contributed by atoms with Crippen LogP contribution in [0.2, 0.25) is 0 Å². The zero-order valence-electron chi connectivity index (χ0n) is 23.7. The fourth-order valence-electron chi connectivity index (χ4n) is 3.90. The van der Waals surface area contributed by atoms with Gasteiger partial charge in [-0.3, -0.25) is 19.1 Å². The lowest BCUT2D eigenvalue weighted by Gasteiger charge is -2.19. The van der Waals surface area contributed by atoms with Crippen LogP contribution in [0.15, 0.2) is 60.9 Å². The van der Waals surface area contributed by atoms with Crippen molar-refractivity contribution in [3.05, 3.63) is 77.6 Å². The number of nitrogens with zero attached hydrogens (tertiary/aromatic N) is 3. The fourth-order valence-corrected chi connectivity index (χ4v) is 3.90. The summed E-state index contributed by atoms with van der Waals surface area (Å²) in [6, 6.07) is 12.2. The Morgan fingerprint density at radius 1 is 1.00 bits per heavy atom. The van der Waals surface area contributed by atoms with E-state index in [0.29, 0.717) is 35.8 Å². The molecule has 1 aliphatic rings. The summed E-state index contributed by atoms with van der Waals surface area (Å²) in [5.74, 6) is -3.07. The van der Waals surface area contributed by atoms with Crippen molar-refractivity contribution in [3.8, 4) is 5.75 Å². The predicted molar refractivity (Wildman–Crippen MR) is 150 cm³/mol. The lowest BCUT2D eigenvalue weighted by atomic mass is 10.1. The number of ether oxygens (including phenoxy) is 2. The molecule has 4 amide bonds. The van der Waals surface area contributed by atoms with E-state index in [-0.39, 0.29) is 16.9 Å². The van der Waals surface area contributed by atoms with Crippen LogP contribution in [0.4, 0.5) is 10.5 Å². The monoisotopic (exact) mass is 593 g/mol. The second-order valence-electron chi connectivity index (χ2n) is 10.4. The summed E-state index contributed by atoms with van der Waals surface area (Å²) in [5.41, 5.74) is 0.441. The summed E-state index contributed by atoms with van der Waals surface area (Å²) in [4.78, 5) is 66.2. The molecule has 0 spiro atoms. The maximum absolute atomic E-state index is 12.6. The number of hydroxylamine groups is 2. The highest BCUT2D eigenvalue weighted by Gasteiger charge is 2.39. The molecule has 14 nitrogen and oxygen atoms in total. The van der Waals surface area contributed by atoms with E-state index in [4.69, 9.17) is 14.3 Å². The number of aliphatic carboxylic acids is 1. The first-order chi connectivity index (χ1) is 20.4. The third-order valence-electron chi connectivity index (χ3n) is 5.91. The predicted octanol–water partition coefficient (Wildman–Crippen LogP) is 3.11. The minimum absolute atomic E-state index is 0.120. The van der Waals surface area contributed by atoms with Crippen LogP contribution in [0.3, 0.4) is 0 Å². The SMILES string of the molecule is CC(C)(C)OC(=O)NCCCn1cc(C(=O)Nc2ccc(OC[C@H](ON3C(=O)c4ccccc4C3=O)C(=O)O)cc2)cn1. The molecule has 43 heavy (non-hydrogen) atoms. The Hall–Kier alpha value is -5.24. The Morgan fingerprint density at radius 3 is 2.26 bits per heavy atom. The second kappa shape index (κ2) is 13.2. The van der Waals surface area contributed by atoms with E-state index < -0.39 is 48.1 Å². The van der Waals surface area contributed by atoms with Crippen molar-refractivity contribution in [1.82, 2.24) is 20.2 Å². The lowest BCUT2D eigenvalue weighted by molar-refractivity contribution is -0.178. The van der Waals surface area contributed by atoms with E-state index in [1.54, 1.807) is 55.9 Å². The van der Waals surface area contributed by atoms with Gasteiger partial charge in [-0.1, -0.05) is 12.1 Å². The van der Waals surface area contributed by atoms with Crippen LogP contribution in [0.5, 0.6) is 5.75 Å². The minimum Gasteiger partial charge on any atom is -0.490 e. The molecule has 1 aromatic heterocycles. The highest BCUT2D eigenvalue weighted by atomic mass is 16.7. The molecule has 0 fully saturated rings. The van der Waals surface area contributed by atoms with Crippen LogP contribution in [-0.4, -0.2) is 74.6 Å². The fraction of sp³-hybridized carbons (Fsp3) is 0.310. The van der Waals surface area contributed by atoms with Crippen molar-refractivity contribution in [2.24, 2.45) is 0 Å². The number of benzene rings is 2. The molecule has 0 bridgehead atoms. The molecule has 2 heterocycles. The highest BCUT2D eigenvalue weighted by Crippen LogP contribution is 2.24. The Morgan fingerprint density at radius 2 is 1.65 bits per heavy atom. The van der Waals surface area contributed by atoms with E-state index in [9.17, 15) is 29.1 Å². The molecule has 1 aliphatic heterocycles. The minimum atomic E-state index is -1.65. The highest BCUT2D eigenvalue weighted by molar-refractivity contribution is 6.20. The first-order valence-electron chi connectivity index (χ1n) is 13.3. The molecule has 14 heteroatoms. The van der Waals surface area contributed by atoms with Gasteiger partial charge < -0.3 is 25.2 Å². The Kier molecular flexibility index (Phi) is 9.40. The number of carbonyl (C=O) groups excluding carboxylic acids is 4. The molecule has 0 radical (unpaired) electrons. The number of hydrogen-bond donors (Lipinski definition) is 3. The molecule has 0 saturated carbocycles.